The van der Waals surface area contributed by atoms with Gasteiger partial charge in [0.15, 0.2) is 10.0 Å². The van der Waals surface area contributed by atoms with E-state index in [0.717, 1.165) is 41.2 Å². The Balaban J connectivity index is 1.13. The summed E-state index contributed by atoms with van der Waals surface area (Å²) in [4.78, 5) is 16.9. The number of thioether (sulfide) groups is 1. The third kappa shape index (κ3) is 3.61. The topological polar surface area (TPSA) is 45.2 Å². The molecule has 10 heteroatoms. The van der Waals surface area contributed by atoms with E-state index in [2.05, 4.69) is 16.0 Å². The molecular weight excluding hydrogens is 455 g/mol. The molecule has 4 heterocycles. The number of aromatic nitrogens is 3. The molecule has 2 aliphatic heterocycles. The maximum Gasteiger partial charge on any atom is 0.433 e. The van der Waals surface area contributed by atoms with E-state index < -0.39 is 11.9 Å². The van der Waals surface area contributed by atoms with Gasteiger partial charge >= 0.3 is 6.18 Å². The van der Waals surface area contributed by atoms with E-state index >= 15 is 0 Å². The van der Waals surface area contributed by atoms with Crippen LogP contribution in [-0.4, -0.2) is 46.4 Å². The monoisotopic (exact) mass is 477 g/mol. The van der Waals surface area contributed by atoms with Crippen LogP contribution in [0.5, 0.6) is 0 Å². The number of benzene rings is 1. The largest absolute Gasteiger partial charge is 0.433 e. The molecule has 0 bridgehead atoms. The number of alkyl halides is 3. The Kier molecular flexibility index (Phi) is 4.80. The Morgan fingerprint density at radius 2 is 1.91 bits per heavy atom. The lowest BCUT2D eigenvalue weighted by molar-refractivity contribution is -0.141. The van der Waals surface area contributed by atoms with Crippen molar-refractivity contribution in [3.8, 4) is 0 Å². The predicted molar refractivity (Wildman–Crippen MR) is 121 cm³/mol. The van der Waals surface area contributed by atoms with E-state index in [0.29, 0.717) is 30.1 Å². The van der Waals surface area contributed by atoms with Crippen molar-refractivity contribution in [2.45, 2.75) is 29.9 Å². The number of hydrogen-bond acceptors (Lipinski definition) is 7. The first kappa shape index (κ1) is 20.5. The van der Waals surface area contributed by atoms with Crippen LogP contribution in [0.15, 0.2) is 34.7 Å². The first-order valence-corrected chi connectivity index (χ1v) is 12.6. The van der Waals surface area contributed by atoms with Gasteiger partial charge in [-0.05, 0) is 43.2 Å². The fraction of sp³-hybridized carbons (Fsp3) is 0.500. The molecule has 0 radical (unpaired) electrons. The molecule has 0 unspecified atom stereocenters. The molecule has 168 valence electrons. The van der Waals surface area contributed by atoms with Crippen LogP contribution >= 0.6 is 23.1 Å². The zero-order valence-corrected chi connectivity index (χ0v) is 19.1. The molecular formula is C22H22F3N5S2. The number of thiazole rings is 1. The minimum atomic E-state index is -4.47. The zero-order valence-electron chi connectivity index (χ0n) is 17.4. The second-order valence-electron chi connectivity index (χ2n) is 8.90. The smallest absolute Gasteiger partial charge is 0.356 e. The molecule has 3 aromatic rings. The Hall–Kier alpha value is -2.07. The van der Waals surface area contributed by atoms with Crippen molar-refractivity contribution in [2.75, 3.05) is 35.2 Å². The molecule has 1 aliphatic carbocycles. The van der Waals surface area contributed by atoms with Gasteiger partial charge in [-0.3, -0.25) is 0 Å². The van der Waals surface area contributed by atoms with E-state index in [-0.39, 0.29) is 12.0 Å². The SMILES string of the molecule is C[C@H]1CCN1c1nc(N2C[C@@H]3[C@@H](CSc4nc5ccccc5s4)[C@@H]3C2)cc(C(F)(F)F)n1. The van der Waals surface area contributed by atoms with Gasteiger partial charge in [0.25, 0.3) is 0 Å². The summed E-state index contributed by atoms with van der Waals surface area (Å²) < 4.78 is 42.7. The van der Waals surface area contributed by atoms with Crippen molar-refractivity contribution in [2.24, 2.45) is 17.8 Å². The van der Waals surface area contributed by atoms with E-state index in [1.807, 2.05) is 34.9 Å². The maximum atomic E-state index is 13.5. The second kappa shape index (κ2) is 7.48. The zero-order chi connectivity index (χ0) is 22.0. The molecule has 3 fully saturated rings. The fourth-order valence-corrected chi connectivity index (χ4v) is 7.23. The van der Waals surface area contributed by atoms with Crippen molar-refractivity contribution < 1.29 is 13.2 Å². The standard InChI is InChI=1S/C22H22F3N5S2/c1-12-6-7-30(12)20-27-18(22(23,24)25)8-19(28-20)29-9-13-14(10-29)15(13)11-31-21-26-16-4-2-3-5-17(16)32-21/h2-5,8,12-15H,6-7,9-11H2,1H3/t12-,13-,14+,15+/m0/s1. The lowest BCUT2D eigenvalue weighted by atomic mass is 10.1. The van der Waals surface area contributed by atoms with Gasteiger partial charge in [-0.2, -0.15) is 18.2 Å². The first-order valence-electron chi connectivity index (χ1n) is 10.8. The van der Waals surface area contributed by atoms with E-state index in [1.165, 1.54) is 4.70 Å². The molecule has 5 nitrogen and oxygen atoms in total. The van der Waals surface area contributed by atoms with Crippen molar-refractivity contribution in [1.29, 1.82) is 0 Å². The van der Waals surface area contributed by atoms with Gasteiger partial charge in [-0.25, -0.2) is 9.97 Å². The molecule has 1 aromatic carbocycles. The van der Waals surface area contributed by atoms with Crippen LogP contribution in [0.25, 0.3) is 10.2 Å². The van der Waals surface area contributed by atoms with Crippen LogP contribution < -0.4 is 9.80 Å². The van der Waals surface area contributed by atoms with Gasteiger partial charge < -0.3 is 9.80 Å². The highest BCUT2D eigenvalue weighted by Gasteiger charge is 2.55. The number of piperidine rings is 1. The molecule has 3 aliphatic rings. The second-order valence-corrected chi connectivity index (χ2v) is 11.2. The third-order valence-electron chi connectivity index (χ3n) is 6.94. The molecule has 32 heavy (non-hydrogen) atoms. The molecule has 0 N–H and O–H groups in total. The Morgan fingerprint density at radius 1 is 1.12 bits per heavy atom. The van der Waals surface area contributed by atoms with E-state index in [1.54, 1.807) is 23.1 Å². The van der Waals surface area contributed by atoms with Gasteiger partial charge in [-0.15, -0.1) is 11.3 Å². The van der Waals surface area contributed by atoms with Crippen LogP contribution in [0.2, 0.25) is 0 Å². The summed E-state index contributed by atoms with van der Waals surface area (Å²) in [7, 11) is 0. The lowest BCUT2D eigenvalue weighted by Gasteiger charge is -2.39. The Labute approximate surface area is 192 Å². The molecule has 6 rings (SSSR count). The number of halogens is 3. The molecule has 0 amide bonds. The van der Waals surface area contributed by atoms with Crippen LogP contribution in [0, 0.1) is 17.8 Å². The summed E-state index contributed by atoms with van der Waals surface area (Å²) in [6.45, 7) is 4.22. The molecule has 2 saturated heterocycles. The highest BCUT2D eigenvalue weighted by Crippen LogP contribution is 2.54. The fourth-order valence-electron chi connectivity index (χ4n) is 4.84. The summed E-state index contributed by atoms with van der Waals surface area (Å²) >= 11 is 3.52. The van der Waals surface area contributed by atoms with Crippen LogP contribution in [0.1, 0.15) is 19.0 Å². The van der Waals surface area contributed by atoms with Crippen molar-refractivity contribution in [1.82, 2.24) is 15.0 Å². The summed E-state index contributed by atoms with van der Waals surface area (Å²) in [6.07, 6.45) is -3.52. The predicted octanol–water partition coefficient (Wildman–Crippen LogP) is 5.18. The molecule has 2 aromatic heterocycles. The number of anilines is 2. The van der Waals surface area contributed by atoms with Crippen molar-refractivity contribution in [3.63, 3.8) is 0 Å². The lowest BCUT2D eigenvalue weighted by Crippen LogP contribution is -2.47. The van der Waals surface area contributed by atoms with Gasteiger partial charge in [0, 0.05) is 37.5 Å². The van der Waals surface area contributed by atoms with E-state index in [4.69, 9.17) is 4.98 Å². The Morgan fingerprint density at radius 3 is 2.56 bits per heavy atom. The summed E-state index contributed by atoms with van der Waals surface area (Å²) in [5.74, 6) is 3.27. The number of fused-ring (bicyclic) bond motifs is 2. The first-order chi connectivity index (χ1) is 15.4. The van der Waals surface area contributed by atoms with Crippen molar-refractivity contribution >= 4 is 45.1 Å². The minimum Gasteiger partial charge on any atom is -0.356 e. The van der Waals surface area contributed by atoms with Gasteiger partial charge in [0.1, 0.15) is 5.82 Å². The summed E-state index contributed by atoms with van der Waals surface area (Å²) in [5.41, 5.74) is 0.193. The van der Waals surface area contributed by atoms with Crippen LogP contribution in [0.4, 0.5) is 24.9 Å². The summed E-state index contributed by atoms with van der Waals surface area (Å²) in [5, 5.41) is 0. The van der Waals surface area contributed by atoms with E-state index in [9.17, 15) is 13.2 Å². The van der Waals surface area contributed by atoms with Gasteiger partial charge in [0.05, 0.1) is 10.2 Å². The maximum absolute atomic E-state index is 13.5. The van der Waals surface area contributed by atoms with Crippen molar-refractivity contribution in [3.05, 3.63) is 36.0 Å². The number of hydrogen-bond donors (Lipinski definition) is 0. The number of para-hydroxylation sites is 1. The quantitative estimate of drug-likeness (QED) is 0.472. The minimum absolute atomic E-state index is 0.183. The highest BCUT2D eigenvalue weighted by molar-refractivity contribution is 8.01. The average molecular weight is 478 g/mol. The normalized spacial score (nSPS) is 27.0. The average Bonchev–Trinajstić information content (AvgIpc) is 3.09. The number of rotatable bonds is 5. The third-order valence-corrected chi connectivity index (χ3v) is 9.26. The molecule has 0 spiro atoms. The highest BCUT2D eigenvalue weighted by atomic mass is 32.2. The Bertz CT molecular complexity index is 1120. The van der Waals surface area contributed by atoms with Crippen LogP contribution in [0.3, 0.4) is 0 Å². The number of nitrogens with zero attached hydrogens (tertiary/aromatic N) is 5. The van der Waals surface area contributed by atoms with Gasteiger partial charge in [0.2, 0.25) is 5.95 Å². The molecule has 4 atom stereocenters. The summed E-state index contributed by atoms with van der Waals surface area (Å²) in [6, 6.07) is 9.45. The van der Waals surface area contributed by atoms with Crippen LogP contribution in [-0.2, 0) is 6.18 Å². The van der Waals surface area contributed by atoms with Gasteiger partial charge in [-0.1, -0.05) is 23.9 Å². The molecule has 1 saturated carbocycles.